The van der Waals surface area contributed by atoms with Crippen LogP contribution >= 0.6 is 0 Å². The minimum Gasteiger partial charge on any atom is -0.308 e. The summed E-state index contributed by atoms with van der Waals surface area (Å²) < 4.78 is 23.4. The molecule has 0 aromatic heterocycles. The zero-order chi connectivity index (χ0) is 14.8. The van der Waals surface area contributed by atoms with E-state index in [0.717, 1.165) is 17.7 Å². The van der Waals surface area contributed by atoms with Gasteiger partial charge < -0.3 is 4.90 Å². The number of benzene rings is 1. The van der Waals surface area contributed by atoms with Crippen molar-refractivity contribution in [2.75, 3.05) is 16.4 Å². The number of hydrogen-bond acceptors (Lipinski definition) is 3. The summed E-state index contributed by atoms with van der Waals surface area (Å²) in [4.78, 5) is 14.0. The Balaban J connectivity index is 2.41. The molecule has 1 fully saturated rings. The number of anilines is 1. The van der Waals surface area contributed by atoms with Gasteiger partial charge in [0.1, 0.15) is 0 Å². The lowest BCUT2D eigenvalue weighted by Gasteiger charge is -2.30. The van der Waals surface area contributed by atoms with Crippen molar-refractivity contribution in [1.29, 1.82) is 0 Å². The average molecular weight is 295 g/mol. The first kappa shape index (κ1) is 15.0. The first-order valence-corrected chi connectivity index (χ1v) is 8.91. The maximum atomic E-state index is 12.3. The van der Waals surface area contributed by atoms with E-state index in [1.807, 2.05) is 38.1 Å². The standard InChI is InChI=1S/C15H21NO3S/c1-3-12-7-5-6-8-14(12)16(15(17)4-2)13-9-10-20(18,19)11-13/h5-8,13H,3-4,9-11H2,1-2H3. The van der Waals surface area contributed by atoms with Gasteiger partial charge in [0.25, 0.3) is 0 Å². The second kappa shape index (κ2) is 5.95. The predicted molar refractivity (Wildman–Crippen MR) is 80.7 cm³/mol. The fourth-order valence-corrected chi connectivity index (χ4v) is 4.43. The molecule has 1 aromatic carbocycles. The van der Waals surface area contributed by atoms with E-state index in [0.29, 0.717) is 12.8 Å². The molecule has 1 atom stereocenters. The van der Waals surface area contributed by atoms with Crippen LogP contribution in [-0.2, 0) is 21.1 Å². The largest absolute Gasteiger partial charge is 0.308 e. The van der Waals surface area contributed by atoms with Gasteiger partial charge in [0.2, 0.25) is 5.91 Å². The van der Waals surface area contributed by atoms with Gasteiger partial charge in [-0.2, -0.15) is 0 Å². The van der Waals surface area contributed by atoms with Crippen molar-refractivity contribution in [3.63, 3.8) is 0 Å². The van der Waals surface area contributed by atoms with E-state index in [-0.39, 0.29) is 23.5 Å². The number of sulfone groups is 1. The molecule has 1 aromatic rings. The smallest absolute Gasteiger partial charge is 0.226 e. The summed E-state index contributed by atoms with van der Waals surface area (Å²) in [6, 6.07) is 7.53. The highest BCUT2D eigenvalue weighted by atomic mass is 32.2. The zero-order valence-electron chi connectivity index (χ0n) is 12.0. The van der Waals surface area contributed by atoms with Gasteiger partial charge in [0, 0.05) is 12.1 Å². The van der Waals surface area contributed by atoms with Crippen LogP contribution in [0.2, 0.25) is 0 Å². The molecule has 2 rings (SSSR count). The number of para-hydroxylation sites is 1. The molecule has 1 saturated heterocycles. The second-order valence-electron chi connectivity index (χ2n) is 5.16. The van der Waals surface area contributed by atoms with Crippen molar-refractivity contribution in [2.45, 2.75) is 39.2 Å². The highest BCUT2D eigenvalue weighted by molar-refractivity contribution is 7.91. The second-order valence-corrected chi connectivity index (χ2v) is 7.39. The number of rotatable bonds is 4. The molecule has 1 aliphatic heterocycles. The van der Waals surface area contributed by atoms with Gasteiger partial charge in [-0.25, -0.2) is 8.42 Å². The van der Waals surface area contributed by atoms with Crippen molar-refractivity contribution < 1.29 is 13.2 Å². The van der Waals surface area contributed by atoms with Gasteiger partial charge in [0.15, 0.2) is 9.84 Å². The van der Waals surface area contributed by atoms with Crippen LogP contribution < -0.4 is 4.90 Å². The van der Waals surface area contributed by atoms with Crippen molar-refractivity contribution in [3.05, 3.63) is 29.8 Å². The Morgan fingerprint density at radius 2 is 2.00 bits per heavy atom. The Hall–Kier alpha value is -1.36. The van der Waals surface area contributed by atoms with E-state index in [1.165, 1.54) is 0 Å². The van der Waals surface area contributed by atoms with Crippen LogP contribution in [-0.4, -0.2) is 31.9 Å². The molecule has 1 heterocycles. The van der Waals surface area contributed by atoms with Crippen LogP contribution in [0.15, 0.2) is 24.3 Å². The molecule has 1 unspecified atom stereocenters. The molecule has 0 saturated carbocycles. The summed E-state index contributed by atoms with van der Waals surface area (Å²) in [5, 5.41) is 0. The van der Waals surface area contributed by atoms with E-state index in [9.17, 15) is 13.2 Å². The normalized spacial score (nSPS) is 20.8. The Morgan fingerprint density at radius 3 is 2.55 bits per heavy atom. The Kier molecular flexibility index (Phi) is 4.48. The third kappa shape index (κ3) is 3.03. The SMILES string of the molecule is CCC(=O)N(c1ccccc1CC)C1CCS(=O)(=O)C1. The van der Waals surface area contributed by atoms with Crippen molar-refractivity contribution in [2.24, 2.45) is 0 Å². The van der Waals surface area contributed by atoms with Gasteiger partial charge in [-0.05, 0) is 24.5 Å². The van der Waals surface area contributed by atoms with E-state index in [1.54, 1.807) is 4.90 Å². The van der Waals surface area contributed by atoms with Gasteiger partial charge in [-0.1, -0.05) is 32.0 Å². The number of carbonyl (C=O) groups excluding carboxylic acids is 1. The van der Waals surface area contributed by atoms with Crippen LogP contribution in [0.5, 0.6) is 0 Å². The summed E-state index contributed by atoms with van der Waals surface area (Å²) >= 11 is 0. The number of amides is 1. The number of carbonyl (C=O) groups is 1. The van der Waals surface area contributed by atoms with Crippen LogP contribution in [0.1, 0.15) is 32.3 Å². The van der Waals surface area contributed by atoms with Crippen LogP contribution in [0.4, 0.5) is 5.69 Å². The van der Waals surface area contributed by atoms with Crippen LogP contribution in [0.3, 0.4) is 0 Å². The monoisotopic (exact) mass is 295 g/mol. The van der Waals surface area contributed by atoms with Gasteiger partial charge >= 0.3 is 0 Å². The molecule has 110 valence electrons. The zero-order valence-corrected chi connectivity index (χ0v) is 12.8. The van der Waals surface area contributed by atoms with E-state index < -0.39 is 9.84 Å². The summed E-state index contributed by atoms with van der Waals surface area (Å²) in [6.07, 6.45) is 1.74. The Bertz CT molecular complexity index is 595. The Morgan fingerprint density at radius 1 is 1.30 bits per heavy atom. The minimum atomic E-state index is -3.00. The molecule has 20 heavy (non-hydrogen) atoms. The number of hydrogen-bond donors (Lipinski definition) is 0. The third-order valence-corrected chi connectivity index (χ3v) is 5.53. The first-order chi connectivity index (χ1) is 9.48. The first-order valence-electron chi connectivity index (χ1n) is 7.09. The molecule has 1 aliphatic rings. The van der Waals surface area contributed by atoms with Crippen LogP contribution in [0, 0.1) is 0 Å². The highest BCUT2D eigenvalue weighted by Gasteiger charge is 2.35. The Labute approximate surface area is 120 Å². The van der Waals surface area contributed by atoms with Crippen molar-refractivity contribution in [3.8, 4) is 0 Å². The summed E-state index contributed by atoms with van der Waals surface area (Å²) in [5.74, 6) is 0.254. The summed E-state index contributed by atoms with van der Waals surface area (Å²) in [6.45, 7) is 3.85. The molecule has 5 heteroatoms. The van der Waals surface area contributed by atoms with Gasteiger partial charge in [0.05, 0.1) is 17.5 Å². The van der Waals surface area contributed by atoms with E-state index in [2.05, 4.69) is 0 Å². The molecule has 0 aliphatic carbocycles. The fourth-order valence-electron chi connectivity index (χ4n) is 2.73. The van der Waals surface area contributed by atoms with E-state index >= 15 is 0 Å². The molecule has 0 spiro atoms. The summed E-state index contributed by atoms with van der Waals surface area (Å²) in [7, 11) is -3.00. The summed E-state index contributed by atoms with van der Waals surface area (Å²) in [5.41, 5.74) is 1.95. The minimum absolute atomic E-state index is 0.00648. The van der Waals surface area contributed by atoms with Gasteiger partial charge in [-0.3, -0.25) is 4.79 Å². The molecule has 1 amide bonds. The molecule has 0 radical (unpaired) electrons. The lowest BCUT2D eigenvalue weighted by molar-refractivity contribution is -0.118. The topological polar surface area (TPSA) is 54.5 Å². The fraction of sp³-hybridized carbons (Fsp3) is 0.533. The molecule has 0 N–H and O–H groups in total. The molecule has 0 bridgehead atoms. The maximum Gasteiger partial charge on any atom is 0.226 e. The lowest BCUT2D eigenvalue weighted by Crippen LogP contribution is -2.41. The number of aryl methyl sites for hydroxylation is 1. The average Bonchev–Trinajstić information content (AvgIpc) is 2.79. The highest BCUT2D eigenvalue weighted by Crippen LogP contribution is 2.28. The van der Waals surface area contributed by atoms with Crippen molar-refractivity contribution >= 4 is 21.4 Å². The molecule has 4 nitrogen and oxygen atoms in total. The molecular weight excluding hydrogens is 274 g/mol. The predicted octanol–water partition coefficient (Wildman–Crippen LogP) is 2.18. The van der Waals surface area contributed by atoms with Crippen LogP contribution in [0.25, 0.3) is 0 Å². The van der Waals surface area contributed by atoms with Crippen molar-refractivity contribution in [1.82, 2.24) is 0 Å². The van der Waals surface area contributed by atoms with E-state index in [4.69, 9.17) is 0 Å². The molecular formula is C15H21NO3S. The number of nitrogens with zero attached hydrogens (tertiary/aromatic N) is 1. The maximum absolute atomic E-state index is 12.3. The quantitative estimate of drug-likeness (QED) is 0.855. The van der Waals surface area contributed by atoms with Gasteiger partial charge in [-0.15, -0.1) is 0 Å². The third-order valence-electron chi connectivity index (χ3n) is 3.78. The lowest BCUT2D eigenvalue weighted by atomic mass is 10.1.